The molecule has 2 heterocycles. The summed E-state index contributed by atoms with van der Waals surface area (Å²) in [4.78, 5) is 16.9. The number of nitrogens with one attached hydrogen (secondary N) is 1. The zero-order chi connectivity index (χ0) is 17.4. The summed E-state index contributed by atoms with van der Waals surface area (Å²) < 4.78 is 3.95. The van der Waals surface area contributed by atoms with Crippen molar-refractivity contribution in [2.45, 2.75) is 31.0 Å². The van der Waals surface area contributed by atoms with E-state index in [1.165, 1.54) is 24.6 Å². The second-order valence-electron chi connectivity index (χ2n) is 6.52. The van der Waals surface area contributed by atoms with Crippen LogP contribution in [0.15, 0.2) is 41.7 Å². The SMILES string of the molecule is C[C@@H](C1CC1)n1nccc1NC(=O)CSc1nc2ccccc2n1C. The third kappa shape index (κ3) is 3.28. The number of hydrogen-bond acceptors (Lipinski definition) is 4. The molecule has 0 spiro atoms. The molecular formula is C18H21N5OS. The molecule has 25 heavy (non-hydrogen) atoms. The molecule has 0 unspecified atom stereocenters. The average Bonchev–Trinajstić information content (AvgIpc) is 3.29. The van der Waals surface area contributed by atoms with Crippen LogP contribution >= 0.6 is 11.8 Å². The van der Waals surface area contributed by atoms with E-state index in [-0.39, 0.29) is 5.91 Å². The maximum absolute atomic E-state index is 12.4. The minimum atomic E-state index is -0.0400. The van der Waals surface area contributed by atoms with Crippen molar-refractivity contribution in [1.29, 1.82) is 0 Å². The first-order chi connectivity index (χ1) is 12.1. The zero-order valence-corrected chi connectivity index (χ0v) is 15.2. The van der Waals surface area contributed by atoms with Crippen molar-refractivity contribution in [3.8, 4) is 0 Å². The highest BCUT2D eigenvalue weighted by Gasteiger charge is 2.30. The van der Waals surface area contributed by atoms with Crippen LogP contribution in [0, 0.1) is 5.92 Å². The Bertz CT molecular complexity index is 911. The quantitative estimate of drug-likeness (QED) is 0.688. The Morgan fingerprint density at radius 2 is 2.16 bits per heavy atom. The van der Waals surface area contributed by atoms with E-state index in [9.17, 15) is 4.79 Å². The van der Waals surface area contributed by atoms with E-state index in [1.54, 1.807) is 6.20 Å². The summed E-state index contributed by atoms with van der Waals surface area (Å²) in [6.45, 7) is 2.16. The predicted octanol–water partition coefficient (Wildman–Crippen LogP) is 3.47. The Kier molecular flexibility index (Phi) is 4.25. The Hall–Kier alpha value is -2.28. The largest absolute Gasteiger partial charge is 0.322 e. The first kappa shape index (κ1) is 16.2. The molecule has 1 fully saturated rings. The van der Waals surface area contributed by atoms with Gasteiger partial charge in [0.1, 0.15) is 5.82 Å². The van der Waals surface area contributed by atoms with Crippen molar-refractivity contribution < 1.29 is 4.79 Å². The van der Waals surface area contributed by atoms with Gasteiger partial charge in [0.25, 0.3) is 0 Å². The molecule has 1 saturated carbocycles. The molecule has 7 heteroatoms. The number of benzene rings is 1. The molecule has 1 N–H and O–H groups in total. The van der Waals surface area contributed by atoms with E-state index in [0.717, 1.165) is 22.0 Å². The molecule has 0 bridgehead atoms. The number of amides is 1. The van der Waals surface area contributed by atoms with Gasteiger partial charge in [-0.2, -0.15) is 5.10 Å². The van der Waals surface area contributed by atoms with E-state index >= 15 is 0 Å². The molecule has 1 amide bonds. The Morgan fingerprint density at radius 1 is 1.36 bits per heavy atom. The molecule has 1 aliphatic rings. The summed E-state index contributed by atoms with van der Waals surface area (Å²) in [6, 6.07) is 10.2. The van der Waals surface area contributed by atoms with Crippen LogP contribution in [-0.4, -0.2) is 31.0 Å². The smallest absolute Gasteiger partial charge is 0.235 e. The Labute approximate surface area is 150 Å². The highest BCUT2D eigenvalue weighted by atomic mass is 32.2. The lowest BCUT2D eigenvalue weighted by molar-refractivity contribution is -0.113. The van der Waals surface area contributed by atoms with Gasteiger partial charge in [-0.1, -0.05) is 23.9 Å². The van der Waals surface area contributed by atoms with Gasteiger partial charge < -0.3 is 9.88 Å². The molecule has 130 valence electrons. The van der Waals surface area contributed by atoms with Gasteiger partial charge in [0.15, 0.2) is 5.16 Å². The van der Waals surface area contributed by atoms with Crippen molar-refractivity contribution in [2.24, 2.45) is 13.0 Å². The molecule has 2 aromatic heterocycles. The fraction of sp³-hybridized carbons (Fsp3) is 0.389. The molecule has 6 nitrogen and oxygen atoms in total. The van der Waals surface area contributed by atoms with Crippen molar-refractivity contribution in [2.75, 3.05) is 11.1 Å². The Morgan fingerprint density at radius 3 is 2.92 bits per heavy atom. The number of nitrogens with zero attached hydrogens (tertiary/aromatic N) is 4. The normalized spacial score (nSPS) is 15.4. The predicted molar refractivity (Wildman–Crippen MR) is 99.7 cm³/mol. The number of para-hydroxylation sites is 2. The van der Waals surface area contributed by atoms with Crippen LogP contribution in [0.1, 0.15) is 25.8 Å². The average molecular weight is 355 g/mol. The molecule has 1 atom stereocenters. The fourth-order valence-electron chi connectivity index (χ4n) is 3.08. The van der Waals surface area contributed by atoms with Gasteiger partial charge in [-0.05, 0) is 37.8 Å². The van der Waals surface area contributed by atoms with Crippen LogP contribution in [-0.2, 0) is 11.8 Å². The first-order valence-electron chi connectivity index (χ1n) is 8.51. The van der Waals surface area contributed by atoms with Crippen LogP contribution in [0.5, 0.6) is 0 Å². The van der Waals surface area contributed by atoms with Crippen molar-refractivity contribution in [3.63, 3.8) is 0 Å². The van der Waals surface area contributed by atoms with E-state index in [1.807, 2.05) is 46.6 Å². The second kappa shape index (κ2) is 6.55. The van der Waals surface area contributed by atoms with Crippen LogP contribution in [0.2, 0.25) is 0 Å². The lowest BCUT2D eigenvalue weighted by Crippen LogP contribution is -2.19. The van der Waals surface area contributed by atoms with E-state index < -0.39 is 0 Å². The number of rotatable bonds is 6. The highest BCUT2D eigenvalue weighted by molar-refractivity contribution is 7.99. The molecule has 0 radical (unpaired) electrons. The number of carbonyl (C=O) groups excluding carboxylic acids is 1. The van der Waals surface area contributed by atoms with Crippen molar-refractivity contribution >= 4 is 34.5 Å². The summed E-state index contributed by atoms with van der Waals surface area (Å²) in [5, 5.41) is 8.20. The van der Waals surface area contributed by atoms with Gasteiger partial charge in [0.05, 0.1) is 29.0 Å². The fourth-order valence-corrected chi connectivity index (χ4v) is 3.86. The van der Waals surface area contributed by atoms with Crippen LogP contribution in [0.4, 0.5) is 5.82 Å². The van der Waals surface area contributed by atoms with Crippen molar-refractivity contribution in [1.82, 2.24) is 19.3 Å². The van der Waals surface area contributed by atoms with Gasteiger partial charge >= 0.3 is 0 Å². The number of hydrogen-bond donors (Lipinski definition) is 1. The topological polar surface area (TPSA) is 64.7 Å². The summed E-state index contributed by atoms with van der Waals surface area (Å²) in [6.07, 6.45) is 4.24. The molecule has 4 rings (SSSR count). The molecule has 0 saturated heterocycles. The summed E-state index contributed by atoms with van der Waals surface area (Å²) in [5.41, 5.74) is 2.02. The molecular weight excluding hydrogens is 334 g/mol. The van der Waals surface area contributed by atoms with Gasteiger partial charge in [-0.3, -0.25) is 4.79 Å². The van der Waals surface area contributed by atoms with E-state index in [2.05, 4.69) is 22.3 Å². The standard InChI is InChI=1S/C18H21N5OS/c1-12(13-7-8-13)23-16(9-10-19-23)21-17(24)11-25-18-20-14-5-3-4-6-15(14)22(18)2/h3-6,9-10,12-13H,7-8,11H2,1-2H3,(H,21,24)/t12-/m0/s1. The minimum Gasteiger partial charge on any atom is -0.322 e. The van der Waals surface area contributed by atoms with Crippen LogP contribution in [0.3, 0.4) is 0 Å². The minimum absolute atomic E-state index is 0.0400. The number of anilines is 1. The highest BCUT2D eigenvalue weighted by Crippen LogP contribution is 2.40. The van der Waals surface area contributed by atoms with Gasteiger partial charge in [-0.15, -0.1) is 0 Å². The number of carbonyl (C=O) groups is 1. The molecule has 1 aromatic carbocycles. The van der Waals surface area contributed by atoms with Gasteiger partial charge in [0.2, 0.25) is 5.91 Å². The lowest BCUT2D eigenvalue weighted by Gasteiger charge is -2.15. The number of aryl methyl sites for hydroxylation is 1. The zero-order valence-electron chi connectivity index (χ0n) is 14.3. The Balaban J connectivity index is 1.41. The third-order valence-electron chi connectivity index (χ3n) is 4.71. The summed E-state index contributed by atoms with van der Waals surface area (Å²) >= 11 is 1.45. The van der Waals surface area contributed by atoms with E-state index in [4.69, 9.17) is 0 Å². The number of thioether (sulfide) groups is 1. The molecule has 1 aliphatic carbocycles. The maximum Gasteiger partial charge on any atom is 0.235 e. The first-order valence-corrected chi connectivity index (χ1v) is 9.49. The third-order valence-corrected chi connectivity index (χ3v) is 5.74. The van der Waals surface area contributed by atoms with E-state index in [0.29, 0.717) is 17.7 Å². The summed E-state index contributed by atoms with van der Waals surface area (Å²) in [5.74, 6) is 1.74. The van der Waals surface area contributed by atoms with Crippen molar-refractivity contribution in [3.05, 3.63) is 36.5 Å². The lowest BCUT2D eigenvalue weighted by atomic mass is 10.2. The van der Waals surface area contributed by atoms with Crippen LogP contribution in [0.25, 0.3) is 11.0 Å². The molecule has 3 aromatic rings. The van der Waals surface area contributed by atoms with Crippen LogP contribution < -0.4 is 5.32 Å². The second-order valence-corrected chi connectivity index (χ2v) is 7.46. The summed E-state index contributed by atoms with van der Waals surface area (Å²) in [7, 11) is 1.97. The number of aromatic nitrogens is 4. The monoisotopic (exact) mass is 355 g/mol. The number of fused-ring (bicyclic) bond motifs is 1. The van der Waals surface area contributed by atoms with Gasteiger partial charge in [0, 0.05) is 13.1 Å². The maximum atomic E-state index is 12.4. The molecule has 0 aliphatic heterocycles. The van der Waals surface area contributed by atoms with Gasteiger partial charge in [-0.25, -0.2) is 9.67 Å². The number of imidazole rings is 1.